The summed E-state index contributed by atoms with van der Waals surface area (Å²) in [5.74, 6) is -2.67. The average Bonchev–Trinajstić information content (AvgIpc) is 2.23. The van der Waals surface area contributed by atoms with Crippen LogP contribution in [0.1, 0.15) is 38.1 Å². The van der Waals surface area contributed by atoms with E-state index in [0.717, 1.165) is 19.1 Å². The molecule has 0 amide bonds. The minimum Gasteiger partial charge on any atom is -0.480 e. The van der Waals surface area contributed by atoms with Crippen LogP contribution < -0.4 is 4.74 Å². The molecule has 3 nitrogen and oxygen atoms in total. The standard InChI is InChI=1S/C14H15BrF4O3/c1-7(14(17,18)19)21-10-6-8(15)5-9(16)11(10)12(20)22-13(2,3)4/h5-7H,1-4H3. The van der Waals surface area contributed by atoms with Crippen molar-refractivity contribution in [3.05, 3.63) is 28.0 Å². The summed E-state index contributed by atoms with van der Waals surface area (Å²) in [4.78, 5) is 12.0. The third-order valence-electron chi connectivity index (χ3n) is 2.39. The molecule has 0 aliphatic rings. The van der Waals surface area contributed by atoms with Crippen molar-refractivity contribution in [3.63, 3.8) is 0 Å². The Kier molecular flexibility index (Phi) is 5.48. The number of alkyl halides is 3. The van der Waals surface area contributed by atoms with E-state index in [1.807, 2.05) is 0 Å². The molecule has 0 saturated carbocycles. The number of rotatable bonds is 3. The van der Waals surface area contributed by atoms with Gasteiger partial charge in [-0.15, -0.1) is 0 Å². The zero-order valence-electron chi connectivity index (χ0n) is 12.3. The molecule has 0 radical (unpaired) electrons. The Morgan fingerprint density at radius 3 is 2.23 bits per heavy atom. The predicted molar refractivity (Wildman–Crippen MR) is 75.4 cm³/mol. The molecule has 8 heteroatoms. The summed E-state index contributed by atoms with van der Waals surface area (Å²) in [6.07, 6.45) is -6.85. The molecule has 124 valence electrons. The van der Waals surface area contributed by atoms with Gasteiger partial charge >= 0.3 is 12.1 Å². The molecule has 0 saturated heterocycles. The molecule has 0 spiro atoms. The second-order valence-electron chi connectivity index (χ2n) is 5.56. The topological polar surface area (TPSA) is 35.5 Å². The number of halogens is 5. The van der Waals surface area contributed by atoms with Gasteiger partial charge in [0.15, 0.2) is 6.10 Å². The van der Waals surface area contributed by atoms with E-state index in [4.69, 9.17) is 9.47 Å². The van der Waals surface area contributed by atoms with Crippen LogP contribution in [0.5, 0.6) is 5.75 Å². The summed E-state index contributed by atoms with van der Waals surface area (Å²) in [7, 11) is 0. The highest BCUT2D eigenvalue weighted by molar-refractivity contribution is 9.10. The first-order valence-corrected chi connectivity index (χ1v) is 7.06. The maximum absolute atomic E-state index is 14.0. The fourth-order valence-corrected chi connectivity index (χ4v) is 1.84. The van der Waals surface area contributed by atoms with Gasteiger partial charge in [-0.2, -0.15) is 13.2 Å². The molecule has 0 heterocycles. The Morgan fingerprint density at radius 2 is 1.77 bits per heavy atom. The van der Waals surface area contributed by atoms with E-state index in [9.17, 15) is 22.4 Å². The minimum absolute atomic E-state index is 0.140. The van der Waals surface area contributed by atoms with Crippen LogP contribution in [0.15, 0.2) is 16.6 Å². The number of ether oxygens (including phenoxy) is 2. The van der Waals surface area contributed by atoms with Crippen LogP contribution in [0, 0.1) is 5.82 Å². The van der Waals surface area contributed by atoms with Gasteiger partial charge in [-0.05, 0) is 39.8 Å². The lowest BCUT2D eigenvalue weighted by molar-refractivity contribution is -0.189. The summed E-state index contributed by atoms with van der Waals surface area (Å²) in [6.45, 7) is 5.43. The van der Waals surface area contributed by atoms with Crippen LogP contribution in [-0.4, -0.2) is 23.9 Å². The summed E-state index contributed by atoms with van der Waals surface area (Å²) < 4.78 is 61.6. The lowest BCUT2D eigenvalue weighted by Gasteiger charge is -2.23. The van der Waals surface area contributed by atoms with Gasteiger partial charge < -0.3 is 9.47 Å². The second-order valence-corrected chi connectivity index (χ2v) is 6.48. The monoisotopic (exact) mass is 386 g/mol. The number of benzene rings is 1. The van der Waals surface area contributed by atoms with Crippen LogP contribution in [-0.2, 0) is 4.74 Å². The Morgan fingerprint density at radius 1 is 1.23 bits per heavy atom. The van der Waals surface area contributed by atoms with Crippen molar-refractivity contribution in [2.45, 2.75) is 45.6 Å². The fourth-order valence-electron chi connectivity index (χ4n) is 1.43. The zero-order valence-corrected chi connectivity index (χ0v) is 13.9. The van der Waals surface area contributed by atoms with E-state index in [-0.39, 0.29) is 4.47 Å². The summed E-state index contributed by atoms with van der Waals surface area (Å²) in [5, 5.41) is 0. The molecule has 1 aromatic rings. The van der Waals surface area contributed by atoms with Crippen molar-refractivity contribution in [1.29, 1.82) is 0 Å². The normalized spacial score (nSPS) is 13.7. The number of esters is 1. The molecule has 0 aromatic heterocycles. The Labute approximate surface area is 133 Å². The van der Waals surface area contributed by atoms with Crippen molar-refractivity contribution in [2.24, 2.45) is 0 Å². The highest BCUT2D eigenvalue weighted by atomic mass is 79.9. The van der Waals surface area contributed by atoms with E-state index < -0.39 is 41.0 Å². The maximum atomic E-state index is 14.0. The van der Waals surface area contributed by atoms with Gasteiger partial charge in [0.2, 0.25) is 0 Å². The molecular formula is C14H15BrF4O3. The largest absolute Gasteiger partial charge is 0.480 e. The fraction of sp³-hybridized carbons (Fsp3) is 0.500. The zero-order chi connectivity index (χ0) is 17.3. The molecule has 0 aliphatic heterocycles. The van der Waals surface area contributed by atoms with Gasteiger partial charge in [-0.3, -0.25) is 0 Å². The van der Waals surface area contributed by atoms with Gasteiger partial charge in [-0.1, -0.05) is 15.9 Å². The summed E-state index contributed by atoms with van der Waals surface area (Å²) in [5.41, 5.74) is -1.60. The molecule has 22 heavy (non-hydrogen) atoms. The molecule has 1 rings (SSSR count). The van der Waals surface area contributed by atoms with E-state index in [1.54, 1.807) is 20.8 Å². The highest BCUT2D eigenvalue weighted by Crippen LogP contribution is 2.32. The maximum Gasteiger partial charge on any atom is 0.425 e. The second kappa shape index (κ2) is 6.44. The lowest BCUT2D eigenvalue weighted by Crippen LogP contribution is -2.32. The summed E-state index contributed by atoms with van der Waals surface area (Å²) in [6, 6.07) is 2.04. The molecule has 0 N–H and O–H groups in total. The van der Waals surface area contributed by atoms with Crippen LogP contribution in [0.25, 0.3) is 0 Å². The smallest absolute Gasteiger partial charge is 0.425 e. The first-order valence-electron chi connectivity index (χ1n) is 6.27. The predicted octanol–water partition coefficient (Wildman–Crippen LogP) is 4.87. The van der Waals surface area contributed by atoms with Gasteiger partial charge in [0.1, 0.15) is 22.7 Å². The van der Waals surface area contributed by atoms with E-state index in [0.29, 0.717) is 0 Å². The number of hydrogen-bond acceptors (Lipinski definition) is 3. The van der Waals surface area contributed by atoms with Gasteiger partial charge in [0.25, 0.3) is 0 Å². The Hall–Kier alpha value is -1.31. The van der Waals surface area contributed by atoms with Crippen molar-refractivity contribution >= 4 is 21.9 Å². The Bertz CT molecular complexity index is 564. The van der Waals surface area contributed by atoms with Crippen LogP contribution in [0.3, 0.4) is 0 Å². The summed E-state index contributed by atoms with van der Waals surface area (Å²) >= 11 is 2.94. The van der Waals surface area contributed by atoms with Crippen molar-refractivity contribution in [3.8, 4) is 5.75 Å². The number of carbonyl (C=O) groups is 1. The van der Waals surface area contributed by atoms with Crippen LogP contribution >= 0.6 is 15.9 Å². The third kappa shape index (κ3) is 5.15. The average molecular weight is 387 g/mol. The molecule has 0 bridgehead atoms. The molecule has 1 atom stereocenters. The number of hydrogen-bond donors (Lipinski definition) is 0. The minimum atomic E-state index is -4.65. The van der Waals surface area contributed by atoms with Crippen LogP contribution in [0.4, 0.5) is 17.6 Å². The SMILES string of the molecule is CC(Oc1cc(Br)cc(F)c1C(=O)OC(C)(C)C)C(F)(F)F. The first-order chi connectivity index (χ1) is 9.81. The van der Waals surface area contributed by atoms with E-state index >= 15 is 0 Å². The molecule has 1 unspecified atom stereocenters. The van der Waals surface area contributed by atoms with E-state index in [1.165, 1.54) is 0 Å². The Balaban J connectivity index is 3.24. The third-order valence-corrected chi connectivity index (χ3v) is 2.84. The van der Waals surface area contributed by atoms with Gasteiger partial charge in [0, 0.05) is 4.47 Å². The van der Waals surface area contributed by atoms with Crippen molar-refractivity contribution in [2.75, 3.05) is 0 Å². The van der Waals surface area contributed by atoms with Crippen molar-refractivity contribution in [1.82, 2.24) is 0 Å². The molecule has 0 aliphatic carbocycles. The first kappa shape index (κ1) is 18.7. The lowest BCUT2D eigenvalue weighted by atomic mass is 10.1. The van der Waals surface area contributed by atoms with Crippen LogP contribution in [0.2, 0.25) is 0 Å². The van der Waals surface area contributed by atoms with Gasteiger partial charge in [0.05, 0.1) is 0 Å². The number of carbonyl (C=O) groups excluding carboxylic acids is 1. The molecule has 0 fully saturated rings. The van der Waals surface area contributed by atoms with E-state index in [2.05, 4.69) is 15.9 Å². The highest BCUT2D eigenvalue weighted by Gasteiger charge is 2.39. The van der Waals surface area contributed by atoms with Gasteiger partial charge in [-0.25, -0.2) is 9.18 Å². The molecular weight excluding hydrogens is 372 g/mol. The molecule has 1 aromatic carbocycles. The van der Waals surface area contributed by atoms with Crippen molar-refractivity contribution < 1.29 is 31.8 Å². The quantitative estimate of drug-likeness (QED) is 0.548.